The number of hydrogen-bond donors (Lipinski definition) is 1. The van der Waals surface area contributed by atoms with Crippen LogP contribution in [0.2, 0.25) is 10.0 Å². The van der Waals surface area contributed by atoms with Gasteiger partial charge in [-0.15, -0.1) is 0 Å². The number of carbonyl (C=O) groups is 1. The average molecular weight is 415 g/mol. The van der Waals surface area contributed by atoms with Gasteiger partial charge in [0, 0.05) is 21.3 Å². The highest BCUT2D eigenvalue weighted by molar-refractivity contribution is 7.92. The van der Waals surface area contributed by atoms with Crippen LogP contribution in [0.15, 0.2) is 59.5 Å². The van der Waals surface area contributed by atoms with Crippen molar-refractivity contribution >= 4 is 66.5 Å². The van der Waals surface area contributed by atoms with Gasteiger partial charge >= 0.3 is 0 Å². The molecule has 25 heavy (non-hydrogen) atoms. The lowest BCUT2D eigenvalue weighted by Crippen LogP contribution is -2.12. The fraction of sp³-hybridized carbons (Fsp3) is 0. The predicted molar refractivity (Wildman–Crippen MR) is 101 cm³/mol. The lowest BCUT2D eigenvalue weighted by molar-refractivity contribution is 0.108. The molecule has 0 bridgehead atoms. The first kappa shape index (κ1) is 18.0. The second-order valence-corrected chi connectivity index (χ2v) is 8.16. The molecule has 0 amide bonds. The van der Waals surface area contributed by atoms with E-state index < -0.39 is 15.3 Å². The zero-order valence-corrected chi connectivity index (χ0v) is 15.5. The summed E-state index contributed by atoms with van der Waals surface area (Å²) in [6.45, 7) is 0. The van der Waals surface area contributed by atoms with Crippen molar-refractivity contribution in [1.29, 1.82) is 0 Å². The molecule has 1 N–H and O–H groups in total. The van der Waals surface area contributed by atoms with E-state index in [1.165, 1.54) is 18.2 Å². The molecule has 0 unspecified atom stereocenters. The van der Waals surface area contributed by atoms with E-state index in [0.29, 0.717) is 11.3 Å². The van der Waals surface area contributed by atoms with Gasteiger partial charge in [-0.2, -0.15) is 0 Å². The van der Waals surface area contributed by atoms with Gasteiger partial charge in [-0.1, -0.05) is 35.3 Å². The van der Waals surface area contributed by atoms with Gasteiger partial charge in [0.1, 0.15) is 0 Å². The topological polar surface area (TPSA) is 63.2 Å². The quantitative estimate of drug-likeness (QED) is 0.587. The molecule has 3 aromatic rings. The summed E-state index contributed by atoms with van der Waals surface area (Å²) in [5.41, 5.74) is 0.740. The first-order valence-electron chi connectivity index (χ1n) is 6.97. The molecule has 0 saturated carbocycles. The molecule has 0 aliphatic carbocycles. The number of halogens is 3. The molecule has 0 aliphatic rings. The van der Waals surface area contributed by atoms with Crippen LogP contribution in [0.3, 0.4) is 0 Å². The van der Waals surface area contributed by atoms with E-state index in [2.05, 4.69) is 4.72 Å². The van der Waals surface area contributed by atoms with Crippen LogP contribution in [-0.4, -0.2) is 13.7 Å². The number of carbonyl (C=O) groups excluding carboxylic acids is 1. The highest BCUT2D eigenvalue weighted by atomic mass is 35.5. The molecule has 0 atom stereocenters. The summed E-state index contributed by atoms with van der Waals surface area (Å²) < 4.78 is 27.5. The van der Waals surface area contributed by atoms with E-state index in [4.69, 9.17) is 34.8 Å². The number of nitrogens with one attached hydrogen (secondary N) is 1. The monoisotopic (exact) mass is 413 g/mol. The third-order valence-electron chi connectivity index (χ3n) is 3.47. The fourth-order valence-corrected chi connectivity index (χ4v) is 4.22. The van der Waals surface area contributed by atoms with Crippen molar-refractivity contribution in [3.8, 4) is 0 Å². The average Bonchev–Trinajstić information content (AvgIpc) is 2.53. The molecule has 3 rings (SSSR count). The molecular formula is C17H10Cl3NO3S. The second kappa shape index (κ2) is 6.84. The minimum atomic E-state index is -3.84. The SMILES string of the molecule is O=C(Cl)c1ccc2cc(NS(=O)(=O)c3cc(Cl)cc(Cl)c3)ccc2c1. The molecule has 128 valence electrons. The van der Waals surface area contributed by atoms with Crippen LogP contribution in [0, 0.1) is 0 Å². The van der Waals surface area contributed by atoms with Crippen molar-refractivity contribution in [3.05, 3.63) is 70.2 Å². The molecule has 0 saturated heterocycles. The molecule has 0 aromatic heterocycles. The zero-order valence-electron chi connectivity index (χ0n) is 12.5. The van der Waals surface area contributed by atoms with E-state index in [-0.39, 0.29) is 14.9 Å². The maximum Gasteiger partial charge on any atom is 0.261 e. The minimum Gasteiger partial charge on any atom is -0.280 e. The van der Waals surface area contributed by atoms with Crippen molar-refractivity contribution in [3.63, 3.8) is 0 Å². The highest BCUT2D eigenvalue weighted by Gasteiger charge is 2.16. The smallest absolute Gasteiger partial charge is 0.261 e. The Hall–Kier alpha value is -1.79. The molecule has 0 aliphatic heterocycles. The Morgan fingerprint density at radius 1 is 0.840 bits per heavy atom. The Morgan fingerprint density at radius 2 is 1.44 bits per heavy atom. The van der Waals surface area contributed by atoms with Gasteiger partial charge in [0.2, 0.25) is 0 Å². The lowest BCUT2D eigenvalue weighted by atomic mass is 10.1. The number of rotatable bonds is 4. The van der Waals surface area contributed by atoms with Crippen LogP contribution >= 0.6 is 34.8 Å². The van der Waals surface area contributed by atoms with Gasteiger partial charge in [0.05, 0.1) is 4.90 Å². The third kappa shape index (κ3) is 4.07. The number of hydrogen-bond acceptors (Lipinski definition) is 3. The molecule has 4 nitrogen and oxygen atoms in total. The molecule has 0 heterocycles. The molecule has 0 radical (unpaired) electrons. The van der Waals surface area contributed by atoms with Crippen molar-refractivity contribution in [1.82, 2.24) is 0 Å². The highest BCUT2D eigenvalue weighted by Crippen LogP contribution is 2.26. The summed E-state index contributed by atoms with van der Waals surface area (Å²) in [6.07, 6.45) is 0. The van der Waals surface area contributed by atoms with Crippen LogP contribution < -0.4 is 4.72 Å². The van der Waals surface area contributed by atoms with Crippen molar-refractivity contribution < 1.29 is 13.2 Å². The maximum atomic E-state index is 12.5. The standard InChI is InChI=1S/C17H10Cl3NO3S/c18-13-7-14(19)9-16(8-13)25(23,24)21-15-4-3-10-5-12(17(20)22)2-1-11(10)6-15/h1-9,21H. The number of fused-ring (bicyclic) bond motifs is 1. The Morgan fingerprint density at radius 3 is 2.08 bits per heavy atom. The van der Waals surface area contributed by atoms with E-state index in [1.807, 2.05) is 0 Å². The van der Waals surface area contributed by atoms with Crippen LogP contribution in [0.5, 0.6) is 0 Å². The Balaban J connectivity index is 1.96. The molecule has 3 aromatic carbocycles. The minimum absolute atomic E-state index is 0.0341. The van der Waals surface area contributed by atoms with Crippen molar-refractivity contribution in [2.24, 2.45) is 0 Å². The van der Waals surface area contributed by atoms with Crippen LogP contribution in [0.1, 0.15) is 10.4 Å². The van der Waals surface area contributed by atoms with Gasteiger partial charge in [-0.25, -0.2) is 8.42 Å². The maximum absolute atomic E-state index is 12.5. The van der Waals surface area contributed by atoms with Gasteiger partial charge in [-0.3, -0.25) is 9.52 Å². The summed E-state index contributed by atoms with van der Waals surface area (Å²) in [7, 11) is -3.84. The Labute approximate surface area is 159 Å². The van der Waals surface area contributed by atoms with E-state index in [0.717, 1.165) is 10.8 Å². The predicted octanol–water partition coefficient (Wildman–Crippen LogP) is 5.33. The van der Waals surface area contributed by atoms with Crippen LogP contribution in [0.4, 0.5) is 5.69 Å². The Kier molecular flexibility index (Phi) is 4.93. The van der Waals surface area contributed by atoms with E-state index >= 15 is 0 Å². The second-order valence-electron chi connectivity index (χ2n) is 5.26. The number of anilines is 1. The van der Waals surface area contributed by atoms with Crippen LogP contribution in [0.25, 0.3) is 10.8 Å². The molecule has 8 heteroatoms. The fourth-order valence-electron chi connectivity index (χ4n) is 2.33. The zero-order chi connectivity index (χ0) is 18.2. The van der Waals surface area contributed by atoms with E-state index in [1.54, 1.807) is 36.4 Å². The van der Waals surface area contributed by atoms with Gasteiger partial charge in [0.15, 0.2) is 0 Å². The normalized spacial score (nSPS) is 11.5. The summed E-state index contributed by atoms with van der Waals surface area (Å²) in [5.74, 6) is 0. The number of sulfonamides is 1. The largest absolute Gasteiger partial charge is 0.280 e. The van der Waals surface area contributed by atoms with Crippen LogP contribution in [-0.2, 0) is 10.0 Å². The Bertz CT molecular complexity index is 1080. The van der Waals surface area contributed by atoms with Crippen molar-refractivity contribution in [2.75, 3.05) is 4.72 Å². The third-order valence-corrected chi connectivity index (χ3v) is 5.48. The summed E-state index contributed by atoms with van der Waals surface area (Å²) in [5, 5.41) is 1.42. The summed E-state index contributed by atoms with van der Waals surface area (Å²) >= 11 is 17.2. The lowest BCUT2D eigenvalue weighted by Gasteiger charge is -2.10. The van der Waals surface area contributed by atoms with Crippen molar-refractivity contribution in [2.45, 2.75) is 4.90 Å². The van der Waals surface area contributed by atoms with Gasteiger partial charge < -0.3 is 0 Å². The molecular weight excluding hydrogens is 405 g/mol. The summed E-state index contributed by atoms with van der Waals surface area (Å²) in [4.78, 5) is 11.2. The summed E-state index contributed by atoms with van der Waals surface area (Å²) in [6, 6.07) is 13.9. The first-order chi connectivity index (χ1) is 11.7. The first-order valence-corrected chi connectivity index (χ1v) is 9.59. The van der Waals surface area contributed by atoms with E-state index in [9.17, 15) is 13.2 Å². The van der Waals surface area contributed by atoms with Gasteiger partial charge in [0.25, 0.3) is 15.3 Å². The molecule has 0 spiro atoms. The number of benzene rings is 3. The van der Waals surface area contributed by atoms with Gasteiger partial charge in [-0.05, 0) is 64.8 Å². The molecule has 0 fully saturated rings.